The van der Waals surface area contributed by atoms with Crippen molar-refractivity contribution in [3.63, 3.8) is 0 Å². The topological polar surface area (TPSA) is 39.4 Å². The fourth-order valence-electron chi connectivity index (χ4n) is 1.25. The lowest BCUT2D eigenvalue weighted by Crippen LogP contribution is -1.95. The van der Waals surface area contributed by atoms with Gasteiger partial charge in [-0.2, -0.15) is 0 Å². The summed E-state index contributed by atoms with van der Waals surface area (Å²) in [5.74, 6) is 0.709. The lowest BCUT2D eigenvalue weighted by molar-refractivity contribution is 0.418. The van der Waals surface area contributed by atoms with Crippen molar-refractivity contribution in [1.29, 1.82) is 0 Å². The number of fused-ring (bicyclic) bond motifs is 1. The number of benzene rings is 1. The van der Waals surface area contributed by atoms with E-state index < -0.39 is 0 Å². The second-order valence-electron chi connectivity index (χ2n) is 2.63. The normalized spacial score (nSPS) is 10.2. The number of hydrogen-bond acceptors (Lipinski definition) is 3. The fraction of sp³-hybridized carbons (Fsp3) is 0.100. The molecule has 0 aliphatic rings. The van der Waals surface area contributed by atoms with Crippen LogP contribution in [0.15, 0.2) is 39.5 Å². The molecule has 2 rings (SSSR count). The van der Waals surface area contributed by atoms with E-state index >= 15 is 0 Å². The van der Waals surface area contributed by atoms with Gasteiger partial charge in [-0.15, -0.1) is 0 Å². The average molecular weight is 176 g/mol. The summed E-state index contributed by atoms with van der Waals surface area (Å²) in [6.45, 7) is 0. The van der Waals surface area contributed by atoms with E-state index in [4.69, 9.17) is 9.15 Å². The van der Waals surface area contributed by atoms with E-state index in [0.29, 0.717) is 11.3 Å². The van der Waals surface area contributed by atoms with Crippen LogP contribution in [0.25, 0.3) is 11.0 Å². The van der Waals surface area contributed by atoms with Gasteiger partial charge < -0.3 is 9.15 Å². The number of hydrogen-bond donors (Lipinski definition) is 0. The van der Waals surface area contributed by atoms with Gasteiger partial charge >= 0.3 is 5.63 Å². The van der Waals surface area contributed by atoms with Crippen LogP contribution in [-0.2, 0) is 0 Å². The summed E-state index contributed by atoms with van der Waals surface area (Å²) in [4.78, 5) is 10.9. The summed E-state index contributed by atoms with van der Waals surface area (Å²) in [6.07, 6.45) is 0. The number of ether oxygens (including phenoxy) is 1. The van der Waals surface area contributed by atoms with E-state index in [1.807, 2.05) is 6.07 Å². The van der Waals surface area contributed by atoms with Gasteiger partial charge in [-0.25, -0.2) is 4.79 Å². The van der Waals surface area contributed by atoms with Gasteiger partial charge in [0, 0.05) is 6.07 Å². The summed E-state index contributed by atoms with van der Waals surface area (Å²) < 4.78 is 10.1. The van der Waals surface area contributed by atoms with Crippen molar-refractivity contribution in [1.82, 2.24) is 0 Å². The minimum absolute atomic E-state index is 0.347. The molecule has 0 spiro atoms. The molecule has 0 unspecified atom stereocenters. The van der Waals surface area contributed by atoms with Gasteiger partial charge in [-0.05, 0) is 18.2 Å². The second-order valence-corrected chi connectivity index (χ2v) is 2.63. The average Bonchev–Trinajstić information content (AvgIpc) is 2.16. The zero-order valence-corrected chi connectivity index (χ0v) is 7.11. The first kappa shape index (κ1) is 7.86. The van der Waals surface area contributed by atoms with Crippen LogP contribution in [0.1, 0.15) is 0 Å². The molecule has 1 aromatic carbocycles. The highest BCUT2D eigenvalue weighted by atomic mass is 16.5. The predicted molar refractivity (Wildman–Crippen MR) is 49.0 cm³/mol. The van der Waals surface area contributed by atoms with Crippen molar-refractivity contribution in [2.45, 2.75) is 0 Å². The molecule has 0 saturated heterocycles. The van der Waals surface area contributed by atoms with Gasteiger partial charge in [-0.1, -0.05) is 6.07 Å². The quantitative estimate of drug-likeness (QED) is 0.622. The zero-order valence-electron chi connectivity index (χ0n) is 7.11. The fourth-order valence-corrected chi connectivity index (χ4v) is 1.25. The van der Waals surface area contributed by atoms with Crippen LogP contribution in [0.5, 0.6) is 5.75 Å². The minimum Gasteiger partial charge on any atom is -0.496 e. The molecule has 1 aromatic heterocycles. The minimum atomic E-state index is -0.347. The highest BCUT2D eigenvalue weighted by Crippen LogP contribution is 2.23. The Hall–Kier alpha value is -1.77. The van der Waals surface area contributed by atoms with Gasteiger partial charge in [0.2, 0.25) is 0 Å². The maximum atomic E-state index is 10.9. The Morgan fingerprint density at radius 3 is 2.85 bits per heavy atom. The van der Waals surface area contributed by atoms with Gasteiger partial charge in [0.15, 0.2) is 0 Å². The SMILES string of the molecule is COc1cccc2oc(=O)ccc12. The summed E-state index contributed by atoms with van der Waals surface area (Å²) in [6, 6.07) is 8.41. The molecule has 66 valence electrons. The van der Waals surface area contributed by atoms with E-state index in [-0.39, 0.29) is 5.63 Å². The Labute approximate surface area is 74.6 Å². The third kappa shape index (κ3) is 1.28. The molecule has 1 heterocycles. The Morgan fingerprint density at radius 2 is 2.08 bits per heavy atom. The molecule has 3 nitrogen and oxygen atoms in total. The molecule has 0 saturated carbocycles. The standard InChI is InChI=1S/C10H8O3/c1-12-8-3-2-4-9-7(8)5-6-10(11)13-9/h2-6H,1H3. The maximum absolute atomic E-state index is 10.9. The lowest BCUT2D eigenvalue weighted by Gasteiger charge is -2.02. The van der Waals surface area contributed by atoms with Crippen molar-refractivity contribution in [2.75, 3.05) is 7.11 Å². The van der Waals surface area contributed by atoms with Gasteiger partial charge in [0.1, 0.15) is 11.3 Å². The molecule has 0 bridgehead atoms. The number of rotatable bonds is 1. The van der Waals surface area contributed by atoms with Crippen LogP contribution in [0.4, 0.5) is 0 Å². The molecule has 3 heteroatoms. The lowest BCUT2D eigenvalue weighted by atomic mass is 10.2. The molecule has 0 atom stereocenters. The molecular weight excluding hydrogens is 168 g/mol. The zero-order chi connectivity index (χ0) is 9.26. The maximum Gasteiger partial charge on any atom is 0.336 e. The van der Waals surface area contributed by atoms with E-state index in [1.165, 1.54) is 6.07 Å². The highest BCUT2D eigenvalue weighted by molar-refractivity contribution is 5.83. The highest BCUT2D eigenvalue weighted by Gasteiger charge is 2.01. The first-order valence-corrected chi connectivity index (χ1v) is 3.88. The molecule has 0 radical (unpaired) electrons. The first-order chi connectivity index (χ1) is 6.31. The molecule has 0 aliphatic carbocycles. The predicted octanol–water partition coefficient (Wildman–Crippen LogP) is 1.80. The summed E-state index contributed by atoms with van der Waals surface area (Å²) in [5.41, 5.74) is 0.201. The van der Waals surface area contributed by atoms with Crippen LogP contribution in [0.2, 0.25) is 0 Å². The van der Waals surface area contributed by atoms with Crippen LogP contribution in [0.3, 0.4) is 0 Å². The third-order valence-corrected chi connectivity index (χ3v) is 1.84. The van der Waals surface area contributed by atoms with Gasteiger partial charge in [0.25, 0.3) is 0 Å². The summed E-state index contributed by atoms with van der Waals surface area (Å²) >= 11 is 0. The van der Waals surface area contributed by atoms with Crippen molar-refractivity contribution >= 4 is 11.0 Å². The largest absolute Gasteiger partial charge is 0.496 e. The molecule has 0 aliphatic heterocycles. The van der Waals surface area contributed by atoms with E-state index in [1.54, 1.807) is 25.3 Å². The van der Waals surface area contributed by atoms with Gasteiger partial charge in [0.05, 0.1) is 12.5 Å². The van der Waals surface area contributed by atoms with Crippen molar-refractivity contribution in [3.8, 4) is 5.75 Å². The molecule has 2 aromatic rings. The van der Waals surface area contributed by atoms with Crippen molar-refractivity contribution < 1.29 is 9.15 Å². The Balaban J connectivity index is 2.85. The Morgan fingerprint density at radius 1 is 1.23 bits per heavy atom. The van der Waals surface area contributed by atoms with Crippen molar-refractivity contribution in [2.24, 2.45) is 0 Å². The molecule has 0 fully saturated rings. The van der Waals surface area contributed by atoms with Crippen LogP contribution in [-0.4, -0.2) is 7.11 Å². The van der Waals surface area contributed by atoms with Crippen molar-refractivity contribution in [3.05, 3.63) is 40.8 Å². The third-order valence-electron chi connectivity index (χ3n) is 1.84. The summed E-state index contributed by atoms with van der Waals surface area (Å²) in [5, 5.41) is 0.810. The van der Waals surface area contributed by atoms with Gasteiger partial charge in [-0.3, -0.25) is 0 Å². The molecule has 0 amide bonds. The van der Waals surface area contributed by atoms with Crippen LogP contribution < -0.4 is 10.4 Å². The number of methoxy groups -OCH3 is 1. The smallest absolute Gasteiger partial charge is 0.336 e. The van der Waals surface area contributed by atoms with Crippen LogP contribution >= 0.6 is 0 Å². The summed E-state index contributed by atoms with van der Waals surface area (Å²) in [7, 11) is 1.58. The Kier molecular flexibility index (Phi) is 1.77. The van der Waals surface area contributed by atoms with Crippen LogP contribution in [0, 0.1) is 0 Å². The monoisotopic (exact) mass is 176 g/mol. The van der Waals surface area contributed by atoms with E-state index in [9.17, 15) is 4.79 Å². The van der Waals surface area contributed by atoms with E-state index in [2.05, 4.69) is 0 Å². The first-order valence-electron chi connectivity index (χ1n) is 3.88. The Bertz CT molecular complexity index is 485. The molecule has 13 heavy (non-hydrogen) atoms. The molecule has 0 N–H and O–H groups in total. The second kappa shape index (κ2) is 2.94. The molecular formula is C10H8O3. The van der Waals surface area contributed by atoms with E-state index in [0.717, 1.165) is 5.39 Å².